The van der Waals surface area contributed by atoms with E-state index in [-0.39, 0.29) is 18.0 Å². The molecule has 5 nitrogen and oxygen atoms in total. The van der Waals surface area contributed by atoms with E-state index in [0.717, 1.165) is 19.3 Å². The number of hydrogen-bond acceptors (Lipinski definition) is 5. The van der Waals surface area contributed by atoms with Crippen LogP contribution in [0.5, 0.6) is 11.5 Å². The summed E-state index contributed by atoms with van der Waals surface area (Å²) in [6.07, 6.45) is 3.18. The lowest BCUT2D eigenvalue weighted by atomic mass is 10.0. The fraction of sp³-hybridized carbons (Fsp3) is 0.300. The van der Waals surface area contributed by atoms with Crippen molar-refractivity contribution in [3.63, 3.8) is 0 Å². The molecule has 0 fully saturated rings. The Balaban J connectivity index is 1.69. The van der Waals surface area contributed by atoms with Gasteiger partial charge >= 0.3 is 5.97 Å². The van der Waals surface area contributed by atoms with Crippen molar-refractivity contribution in [3.05, 3.63) is 58.7 Å². The zero-order chi connectivity index (χ0) is 17.8. The molecule has 2 aromatic carbocycles. The van der Waals surface area contributed by atoms with Gasteiger partial charge in [0.25, 0.3) is 0 Å². The Labute approximate surface area is 146 Å². The van der Waals surface area contributed by atoms with Crippen molar-refractivity contribution < 1.29 is 23.8 Å². The minimum atomic E-state index is -0.620. The van der Waals surface area contributed by atoms with E-state index in [1.165, 1.54) is 25.3 Å². The van der Waals surface area contributed by atoms with Gasteiger partial charge in [-0.15, -0.1) is 0 Å². The third kappa shape index (κ3) is 3.50. The number of carbonyl (C=O) groups is 2. The maximum Gasteiger partial charge on any atom is 0.342 e. The zero-order valence-corrected chi connectivity index (χ0v) is 14.3. The summed E-state index contributed by atoms with van der Waals surface area (Å²) in [5.41, 5.74) is 3.32. The van der Waals surface area contributed by atoms with Gasteiger partial charge in [-0.25, -0.2) is 4.79 Å². The van der Waals surface area contributed by atoms with Gasteiger partial charge in [0.1, 0.15) is 5.56 Å². The predicted octanol–water partition coefficient (Wildman–Crippen LogP) is 3.23. The monoisotopic (exact) mass is 340 g/mol. The number of ether oxygens (including phenoxy) is 3. The number of benzene rings is 2. The standard InChI is InChI=1S/C20H20O5/c1-23-18-8-4-7-16(19(18)24-2)20(22)25-12-17(21)15-10-9-13-5-3-6-14(13)11-15/h4,7-11H,3,5-6,12H2,1-2H3. The van der Waals surface area contributed by atoms with Gasteiger partial charge < -0.3 is 14.2 Å². The first-order valence-electron chi connectivity index (χ1n) is 8.17. The van der Waals surface area contributed by atoms with Gasteiger partial charge in [0.2, 0.25) is 0 Å². The molecule has 5 heteroatoms. The summed E-state index contributed by atoms with van der Waals surface area (Å²) in [5.74, 6) is -0.114. The molecule has 3 rings (SSSR count). The fourth-order valence-electron chi connectivity index (χ4n) is 3.09. The number of esters is 1. The minimum Gasteiger partial charge on any atom is -0.493 e. The number of ketones is 1. The summed E-state index contributed by atoms with van der Waals surface area (Å²) < 4.78 is 15.6. The van der Waals surface area contributed by atoms with Crippen molar-refractivity contribution in [1.82, 2.24) is 0 Å². The highest BCUT2D eigenvalue weighted by molar-refractivity contribution is 6.00. The molecule has 0 aromatic heterocycles. The second kappa shape index (κ2) is 7.38. The first-order valence-corrected chi connectivity index (χ1v) is 8.17. The van der Waals surface area contributed by atoms with Gasteiger partial charge in [-0.05, 0) is 48.6 Å². The van der Waals surface area contributed by atoms with Crippen LogP contribution >= 0.6 is 0 Å². The van der Waals surface area contributed by atoms with Gasteiger partial charge in [-0.3, -0.25) is 4.79 Å². The van der Waals surface area contributed by atoms with Gasteiger partial charge in [0.15, 0.2) is 23.9 Å². The Morgan fingerprint density at radius 2 is 1.80 bits per heavy atom. The molecule has 0 bridgehead atoms. The summed E-state index contributed by atoms with van der Waals surface area (Å²) in [6.45, 7) is -0.308. The molecular weight excluding hydrogens is 320 g/mol. The van der Waals surface area contributed by atoms with E-state index in [9.17, 15) is 9.59 Å². The number of rotatable bonds is 6. The van der Waals surface area contributed by atoms with Crippen molar-refractivity contribution >= 4 is 11.8 Å². The van der Waals surface area contributed by atoms with Gasteiger partial charge in [0.05, 0.1) is 14.2 Å². The van der Waals surface area contributed by atoms with Crippen LogP contribution in [0.25, 0.3) is 0 Å². The number of fused-ring (bicyclic) bond motifs is 1. The van der Waals surface area contributed by atoms with Crippen LogP contribution in [0, 0.1) is 0 Å². The van der Waals surface area contributed by atoms with Crippen molar-refractivity contribution in [2.75, 3.05) is 20.8 Å². The summed E-state index contributed by atoms with van der Waals surface area (Å²) in [4.78, 5) is 24.6. The average Bonchev–Trinajstić information content (AvgIpc) is 3.12. The number of para-hydroxylation sites is 1. The highest BCUT2D eigenvalue weighted by atomic mass is 16.5. The molecule has 0 aliphatic heterocycles. The topological polar surface area (TPSA) is 61.8 Å². The molecule has 0 amide bonds. The van der Waals surface area contributed by atoms with Crippen LogP contribution in [0.4, 0.5) is 0 Å². The molecule has 0 unspecified atom stereocenters. The number of carbonyl (C=O) groups excluding carboxylic acids is 2. The molecule has 0 atom stereocenters. The lowest BCUT2D eigenvalue weighted by Crippen LogP contribution is -2.15. The van der Waals surface area contributed by atoms with E-state index in [2.05, 4.69) is 0 Å². The maximum absolute atomic E-state index is 12.3. The Bertz CT molecular complexity index is 810. The largest absolute Gasteiger partial charge is 0.493 e. The Morgan fingerprint density at radius 1 is 1.00 bits per heavy atom. The van der Waals surface area contributed by atoms with Crippen LogP contribution in [0.1, 0.15) is 38.3 Å². The molecule has 130 valence electrons. The lowest BCUT2D eigenvalue weighted by molar-refractivity contribution is 0.0471. The van der Waals surface area contributed by atoms with Gasteiger partial charge in [-0.1, -0.05) is 18.2 Å². The molecule has 0 N–H and O–H groups in total. The molecule has 25 heavy (non-hydrogen) atoms. The zero-order valence-electron chi connectivity index (χ0n) is 14.3. The Kier molecular flexibility index (Phi) is 5.03. The predicted molar refractivity (Wildman–Crippen MR) is 92.6 cm³/mol. The number of methoxy groups -OCH3 is 2. The Morgan fingerprint density at radius 3 is 2.56 bits per heavy atom. The first kappa shape index (κ1) is 17.0. The summed E-state index contributed by atoms with van der Waals surface area (Å²) in [5, 5.41) is 0. The molecule has 1 aliphatic carbocycles. The van der Waals surface area contributed by atoms with Crippen LogP contribution < -0.4 is 9.47 Å². The van der Waals surface area contributed by atoms with Crippen LogP contribution in [-0.2, 0) is 17.6 Å². The smallest absolute Gasteiger partial charge is 0.342 e. The summed E-state index contributed by atoms with van der Waals surface area (Å²) in [6, 6.07) is 10.6. The van der Waals surface area contributed by atoms with E-state index in [4.69, 9.17) is 14.2 Å². The molecule has 0 saturated heterocycles. The second-order valence-electron chi connectivity index (χ2n) is 5.88. The summed E-state index contributed by atoms with van der Waals surface area (Å²) in [7, 11) is 2.94. The molecule has 0 saturated carbocycles. The Hall–Kier alpha value is -2.82. The first-order chi connectivity index (χ1) is 12.1. The molecule has 0 spiro atoms. The van der Waals surface area contributed by atoms with Crippen molar-refractivity contribution in [1.29, 1.82) is 0 Å². The number of Topliss-reactive ketones (excluding diaryl/α,β-unsaturated/α-hetero) is 1. The normalized spacial score (nSPS) is 12.4. The van der Waals surface area contributed by atoms with E-state index in [1.807, 2.05) is 12.1 Å². The highest BCUT2D eigenvalue weighted by Crippen LogP contribution is 2.31. The second-order valence-corrected chi connectivity index (χ2v) is 5.88. The lowest BCUT2D eigenvalue weighted by Gasteiger charge is -2.12. The van der Waals surface area contributed by atoms with Crippen LogP contribution in [0.15, 0.2) is 36.4 Å². The van der Waals surface area contributed by atoms with Crippen LogP contribution in [0.2, 0.25) is 0 Å². The van der Waals surface area contributed by atoms with Gasteiger partial charge in [-0.2, -0.15) is 0 Å². The fourth-order valence-corrected chi connectivity index (χ4v) is 3.09. The van der Waals surface area contributed by atoms with E-state index in [0.29, 0.717) is 17.1 Å². The van der Waals surface area contributed by atoms with E-state index < -0.39 is 5.97 Å². The van der Waals surface area contributed by atoms with Crippen molar-refractivity contribution in [2.45, 2.75) is 19.3 Å². The van der Waals surface area contributed by atoms with Crippen LogP contribution in [-0.4, -0.2) is 32.6 Å². The van der Waals surface area contributed by atoms with E-state index in [1.54, 1.807) is 24.3 Å². The van der Waals surface area contributed by atoms with E-state index >= 15 is 0 Å². The molecule has 0 heterocycles. The SMILES string of the molecule is COc1cccc(C(=O)OCC(=O)c2ccc3c(c2)CCC3)c1OC. The van der Waals surface area contributed by atoms with Crippen molar-refractivity contribution in [2.24, 2.45) is 0 Å². The molecule has 0 radical (unpaired) electrons. The molecule has 2 aromatic rings. The van der Waals surface area contributed by atoms with Crippen molar-refractivity contribution in [3.8, 4) is 11.5 Å². The van der Waals surface area contributed by atoms with Crippen LogP contribution in [0.3, 0.4) is 0 Å². The maximum atomic E-state index is 12.3. The van der Waals surface area contributed by atoms with Gasteiger partial charge in [0, 0.05) is 5.56 Å². The summed E-state index contributed by atoms with van der Waals surface area (Å²) >= 11 is 0. The molecular formula is C20H20O5. The quantitative estimate of drug-likeness (QED) is 0.597. The number of hydrogen-bond donors (Lipinski definition) is 0. The average molecular weight is 340 g/mol. The third-order valence-electron chi connectivity index (χ3n) is 4.38. The highest BCUT2D eigenvalue weighted by Gasteiger charge is 2.20. The third-order valence-corrected chi connectivity index (χ3v) is 4.38. The minimum absolute atomic E-state index is 0.218. The number of aryl methyl sites for hydroxylation is 2. The molecule has 1 aliphatic rings.